The number of carbonyl (C=O) groups excluding carboxylic acids is 5. The molecule has 5 unspecified atom stereocenters. The van der Waals surface area contributed by atoms with Gasteiger partial charge in [-0.2, -0.15) is 13.2 Å². The molecule has 0 saturated carbocycles. The molecule has 622 valence electrons. The van der Waals surface area contributed by atoms with Crippen LogP contribution in [0.4, 0.5) is 54.8 Å². The number of hydrogen-bond donors (Lipinski definition) is 10. The molecule has 0 saturated heterocycles. The smallest absolute Gasteiger partial charge is 0.363 e. The second-order valence-corrected chi connectivity index (χ2v) is 43.1. The number of alkyl halides is 15. The summed E-state index contributed by atoms with van der Waals surface area (Å²) in [6.45, 7) is 0. The summed E-state index contributed by atoms with van der Waals surface area (Å²) in [7, 11) is 0. The number of nitrogens with one attached hydrogen (secondary N) is 10. The Hall–Kier alpha value is -4.45. The molecule has 0 aliphatic heterocycles. The van der Waals surface area contributed by atoms with Gasteiger partial charge in [0.25, 0.3) is 29.5 Å². The number of amides is 5. The molecule has 5 atom stereocenters. The summed E-state index contributed by atoms with van der Waals surface area (Å²) in [5.41, 5.74) is 3.88. The number of anilines is 5. The number of halogens is 27. The van der Waals surface area contributed by atoms with Crippen LogP contribution < -0.4 is 53.2 Å². The van der Waals surface area contributed by atoms with Gasteiger partial charge in [0.15, 0.2) is 19.9 Å². The van der Waals surface area contributed by atoms with Gasteiger partial charge in [-0.05, 0) is 231 Å². The molecule has 0 aliphatic carbocycles. The summed E-state index contributed by atoms with van der Waals surface area (Å²) >= 11 is 105. The minimum absolute atomic E-state index is 0.0371. The molecule has 0 heterocycles. The van der Waals surface area contributed by atoms with Gasteiger partial charge in [0.1, 0.15) is 30.5 Å². The molecule has 117 heavy (non-hydrogen) atoms. The first-order valence-electron chi connectivity index (χ1n) is 32.3. The minimum atomic E-state index is -4.66. The van der Waals surface area contributed by atoms with E-state index in [4.69, 9.17) is 162 Å². The Morgan fingerprint density at radius 3 is 0.761 bits per heavy atom. The van der Waals surface area contributed by atoms with Gasteiger partial charge >= 0.3 is 6.18 Å². The second kappa shape index (κ2) is 47.4. The molecule has 0 aliphatic rings. The van der Waals surface area contributed by atoms with Gasteiger partial charge in [0.05, 0.1) is 5.02 Å². The highest BCUT2D eigenvalue weighted by atomic mass is 80.0. The predicted octanol–water partition coefficient (Wildman–Crippen LogP) is 27.5. The molecule has 5 amide bonds. The molecule has 10 rings (SSSR count). The van der Waals surface area contributed by atoms with E-state index >= 15 is 0 Å². The molecule has 15 nitrogen and oxygen atoms in total. The molecule has 10 aromatic rings. The van der Waals surface area contributed by atoms with E-state index in [0.717, 1.165) is 47.8 Å². The number of hydrogen-bond acceptors (Lipinski definition) is 10. The Balaban J connectivity index is 0.000000227. The maximum Gasteiger partial charge on any atom is 0.427 e. The van der Waals surface area contributed by atoms with Gasteiger partial charge in [-0.3, -0.25) is 24.0 Å². The van der Waals surface area contributed by atoms with E-state index in [2.05, 4.69) is 159 Å². The van der Waals surface area contributed by atoms with Gasteiger partial charge in [0, 0.05) is 94.2 Å². The summed E-state index contributed by atoms with van der Waals surface area (Å²) in [5, 5.41) is 28.6. The largest absolute Gasteiger partial charge is 0.427 e. The number of rotatable bonds is 20. The lowest BCUT2D eigenvalue weighted by Crippen LogP contribution is -2.50. The summed E-state index contributed by atoms with van der Waals surface area (Å²) < 4.78 is 76.1. The first kappa shape index (κ1) is 101. The van der Waals surface area contributed by atoms with Crippen molar-refractivity contribution >= 4 is 332 Å². The normalized spacial score (nSPS) is 12.6. The molecule has 0 aromatic heterocycles. The Morgan fingerprint density at radius 1 is 0.274 bits per heavy atom. The molecule has 0 spiro atoms. The molecule has 42 heteroatoms. The molecule has 0 bridgehead atoms. The van der Waals surface area contributed by atoms with E-state index in [1.165, 1.54) is 48.5 Å². The van der Waals surface area contributed by atoms with Crippen LogP contribution in [0.2, 0.25) is 25.1 Å². The van der Waals surface area contributed by atoms with Gasteiger partial charge in [0.2, 0.25) is 11.4 Å². The highest BCUT2D eigenvalue weighted by Crippen LogP contribution is 2.39. The van der Waals surface area contributed by atoms with Crippen molar-refractivity contribution in [3.05, 3.63) is 319 Å². The molecular weight excluding hydrogens is 2290 g/mol. The third-order valence-corrected chi connectivity index (χ3v) is 21.2. The lowest BCUT2D eigenvalue weighted by Gasteiger charge is -2.28. The summed E-state index contributed by atoms with van der Waals surface area (Å²) in [4.78, 5) is 61.1. The Kier molecular flexibility index (Phi) is 41.1. The average Bonchev–Trinajstić information content (AvgIpc) is 0.852. The summed E-state index contributed by atoms with van der Waals surface area (Å²) in [6.07, 6.45) is -10.5. The monoisotopic (exact) mass is 2330 g/mol. The zero-order valence-corrected chi connectivity index (χ0v) is 79.8. The molecule has 10 N–H and O–H groups in total. The van der Waals surface area contributed by atoms with E-state index in [0.29, 0.717) is 53.8 Å². The van der Waals surface area contributed by atoms with E-state index < -0.39 is 85.7 Å². The van der Waals surface area contributed by atoms with Gasteiger partial charge in [-0.15, -0.1) is 0 Å². The standard InChI is InChI=1S/C15H11Br4ClN2O.C15H10BrCl4FN2O.C15H11BrCl4N2O.C15H11BrClF3N2O.C15H10Cl4F2N2O/c16-10-3-1-9(2-4-10)13(23)22-14(15(17,18)19)21-12-7-5-11(20)6-8-12;16-9-3-1-8(2-4-9)13(24)23-14(15(18,19)20)22-10-5-6-11(17)12(21)7-10;2*16-10-3-1-9(2-4-10)13(23)22-14(15(18,19)20)21-12-7-5-11(17)6-8-12;16-9-2-4-10(5-3-9)22-14(15(17,18)19)23-13(24)8-1-6-11(20)12(21)7-8/h1-8,14,21H,(H,22,23);1-7,14,22H,(H,23,24);2*1-8,14,21H,(H,22,23);1-7,14,22H,(H,23,24). The van der Waals surface area contributed by atoms with Crippen molar-refractivity contribution < 1.29 is 50.3 Å². The van der Waals surface area contributed by atoms with Crippen molar-refractivity contribution in [2.75, 3.05) is 26.6 Å². The van der Waals surface area contributed by atoms with Gasteiger partial charge in [-0.1, -0.05) is 274 Å². The first-order valence-corrected chi connectivity index (χ1v) is 43.1. The van der Waals surface area contributed by atoms with Crippen LogP contribution in [0, 0.1) is 17.5 Å². The molecular formula is C75H53Br7Cl14F6N10O5. The van der Waals surface area contributed by atoms with Crippen LogP contribution in [-0.4, -0.2) is 80.1 Å². The molecule has 0 radical (unpaired) electrons. The fourth-order valence-electron chi connectivity index (χ4n) is 8.72. The molecule has 0 fully saturated rings. The lowest BCUT2D eigenvalue weighted by atomic mass is 10.2. The fraction of sp³-hybridized carbons (Fsp3) is 0.133. The Labute approximate surface area is 795 Å². The van der Waals surface area contributed by atoms with Crippen LogP contribution in [0.1, 0.15) is 51.8 Å². The third kappa shape index (κ3) is 36.5. The number of benzene rings is 10. The van der Waals surface area contributed by atoms with Gasteiger partial charge in [-0.25, -0.2) is 13.2 Å². The topological polar surface area (TPSA) is 206 Å². The molecule has 10 aromatic carbocycles. The van der Waals surface area contributed by atoms with E-state index in [1.54, 1.807) is 133 Å². The van der Waals surface area contributed by atoms with Crippen LogP contribution in [0.3, 0.4) is 0 Å². The van der Waals surface area contributed by atoms with Crippen molar-refractivity contribution in [3.63, 3.8) is 0 Å². The zero-order chi connectivity index (χ0) is 86.9. The highest BCUT2D eigenvalue weighted by Gasteiger charge is 2.42. The van der Waals surface area contributed by atoms with Crippen LogP contribution in [0.5, 0.6) is 0 Å². The van der Waals surface area contributed by atoms with Crippen molar-refractivity contribution in [1.82, 2.24) is 26.6 Å². The average molecular weight is 2340 g/mol. The fourth-order valence-corrected chi connectivity index (χ4v) is 12.1. The minimum Gasteiger partial charge on any atom is -0.363 e. The van der Waals surface area contributed by atoms with Crippen molar-refractivity contribution in [1.29, 1.82) is 0 Å². The maximum absolute atomic E-state index is 13.5. The van der Waals surface area contributed by atoms with Crippen molar-refractivity contribution in [2.24, 2.45) is 0 Å². The quantitative estimate of drug-likeness (QED) is 0.0199. The van der Waals surface area contributed by atoms with Crippen LogP contribution >= 0.6 is 274 Å². The van der Waals surface area contributed by atoms with Crippen LogP contribution in [-0.2, 0) is 0 Å². The highest BCUT2D eigenvalue weighted by molar-refractivity contribution is 9.39. The summed E-state index contributed by atoms with van der Waals surface area (Å²) in [6, 6.07) is 59.5. The third-order valence-electron chi connectivity index (χ3n) is 14.5. The number of carbonyl (C=O) groups is 5. The van der Waals surface area contributed by atoms with Gasteiger partial charge < -0.3 is 53.2 Å². The lowest BCUT2D eigenvalue weighted by molar-refractivity contribution is -0.146. The van der Waals surface area contributed by atoms with E-state index in [9.17, 15) is 50.3 Å². The Bertz CT molecular complexity index is 4650. The van der Waals surface area contributed by atoms with Crippen LogP contribution in [0.15, 0.2) is 248 Å². The van der Waals surface area contributed by atoms with Crippen molar-refractivity contribution in [3.8, 4) is 0 Å². The maximum atomic E-state index is 13.5. The SMILES string of the molecule is O=C(NC(Nc1ccc(Cl)c(F)c1)C(Cl)(Cl)Cl)c1ccc(Br)cc1.O=C(NC(Nc1ccc(Cl)cc1)C(Br)(Br)Br)c1ccc(Br)cc1.O=C(NC(Nc1ccc(Cl)cc1)C(Cl)(Cl)Cl)c1ccc(Br)cc1.O=C(NC(Nc1ccc(Cl)cc1)C(Cl)(Cl)Cl)c1ccc(F)c(F)c1.O=C(NC(Nc1ccc(Cl)cc1)C(F)(F)F)c1ccc(Br)cc1. The Morgan fingerprint density at radius 2 is 0.504 bits per heavy atom. The first-order chi connectivity index (χ1) is 54.6. The predicted molar refractivity (Wildman–Crippen MR) is 491 cm³/mol. The van der Waals surface area contributed by atoms with Crippen LogP contribution in [0.25, 0.3) is 0 Å². The van der Waals surface area contributed by atoms with Crippen molar-refractivity contribution in [2.45, 2.75) is 50.5 Å². The van der Waals surface area contributed by atoms with E-state index in [-0.39, 0.29) is 33.7 Å². The zero-order valence-electron chi connectivity index (χ0n) is 58.1. The second-order valence-electron chi connectivity index (χ2n) is 23.3. The summed E-state index contributed by atoms with van der Waals surface area (Å²) in [5.74, 6) is -5.46. The van der Waals surface area contributed by atoms with E-state index in [1.807, 2.05) is 29.6 Å².